The Morgan fingerprint density at radius 3 is 2.32 bits per heavy atom. The average Bonchev–Trinajstić information content (AvgIpc) is 2.75. The quantitative estimate of drug-likeness (QED) is 0.620. The van der Waals surface area contributed by atoms with E-state index in [4.69, 9.17) is 9.47 Å². The van der Waals surface area contributed by atoms with Crippen LogP contribution in [0.3, 0.4) is 0 Å². The minimum absolute atomic E-state index is 0.0422. The van der Waals surface area contributed by atoms with Crippen LogP contribution in [0.25, 0.3) is 0 Å². The number of nitrogens with zero attached hydrogens (tertiary/aromatic N) is 2. The van der Waals surface area contributed by atoms with Gasteiger partial charge in [-0.25, -0.2) is 12.7 Å². The van der Waals surface area contributed by atoms with Gasteiger partial charge in [-0.3, -0.25) is 9.59 Å². The molecule has 0 spiro atoms. The molecule has 0 bridgehead atoms. The highest BCUT2D eigenvalue weighted by atomic mass is 32.2. The van der Waals surface area contributed by atoms with Gasteiger partial charge >= 0.3 is 0 Å². The molecule has 0 aliphatic rings. The lowest BCUT2D eigenvalue weighted by Crippen LogP contribution is -2.27. The first-order valence-electron chi connectivity index (χ1n) is 9.37. The first kappa shape index (κ1) is 24.2. The Labute approximate surface area is 182 Å². The number of ether oxygens (including phenoxy) is 2. The number of nitrogens with one attached hydrogen (secondary N) is 1. The summed E-state index contributed by atoms with van der Waals surface area (Å²) in [5.74, 6) is 0.246. The van der Waals surface area contributed by atoms with Gasteiger partial charge in [0.05, 0.1) is 12.0 Å². The summed E-state index contributed by atoms with van der Waals surface area (Å²) in [6.07, 6.45) is 0. The van der Waals surface area contributed by atoms with E-state index in [0.717, 1.165) is 9.87 Å². The zero-order valence-corrected chi connectivity index (χ0v) is 19.0. The van der Waals surface area contributed by atoms with E-state index in [2.05, 4.69) is 5.32 Å². The summed E-state index contributed by atoms with van der Waals surface area (Å²) in [5.41, 5.74) is 0.977. The topological polar surface area (TPSA) is 105 Å². The van der Waals surface area contributed by atoms with Gasteiger partial charge in [0.2, 0.25) is 10.0 Å². The van der Waals surface area contributed by atoms with E-state index in [1.54, 1.807) is 38.4 Å². The monoisotopic (exact) mass is 449 g/mol. The van der Waals surface area contributed by atoms with Crippen LogP contribution in [-0.2, 0) is 21.4 Å². The van der Waals surface area contributed by atoms with E-state index in [-0.39, 0.29) is 29.5 Å². The Morgan fingerprint density at radius 2 is 1.71 bits per heavy atom. The highest BCUT2D eigenvalue weighted by molar-refractivity contribution is 7.89. The number of hydrogen-bond donors (Lipinski definition) is 1. The first-order chi connectivity index (χ1) is 14.6. The predicted octanol–water partition coefficient (Wildman–Crippen LogP) is 1.34. The molecular weight excluding hydrogens is 422 g/mol. The minimum Gasteiger partial charge on any atom is -0.493 e. The molecule has 0 radical (unpaired) electrons. The molecule has 0 unspecified atom stereocenters. The van der Waals surface area contributed by atoms with Crippen LogP contribution in [0.5, 0.6) is 11.5 Å². The van der Waals surface area contributed by atoms with Crippen LogP contribution in [0.2, 0.25) is 0 Å². The Bertz CT molecular complexity index is 1050. The molecule has 2 aromatic carbocycles. The largest absolute Gasteiger partial charge is 0.493 e. The third-order valence-electron chi connectivity index (χ3n) is 4.41. The number of carbonyl (C=O) groups is 2. The van der Waals surface area contributed by atoms with Gasteiger partial charge in [-0.2, -0.15) is 0 Å². The SMILES string of the molecule is COc1cc(CNC(=O)c2cccc(S(=O)(=O)N(C)C)c2)ccc1OCC(=O)N(C)C. The zero-order valence-electron chi connectivity index (χ0n) is 18.2. The molecule has 0 saturated heterocycles. The number of rotatable bonds is 9. The lowest BCUT2D eigenvalue weighted by molar-refractivity contribution is -0.130. The Kier molecular flexibility index (Phi) is 8.01. The van der Waals surface area contributed by atoms with E-state index < -0.39 is 15.9 Å². The zero-order chi connectivity index (χ0) is 23.2. The highest BCUT2D eigenvalue weighted by Crippen LogP contribution is 2.28. The lowest BCUT2D eigenvalue weighted by atomic mass is 10.1. The van der Waals surface area contributed by atoms with Crippen LogP contribution in [0.4, 0.5) is 0 Å². The number of carbonyl (C=O) groups excluding carboxylic acids is 2. The predicted molar refractivity (Wildman–Crippen MR) is 116 cm³/mol. The Hall–Kier alpha value is -3.11. The third-order valence-corrected chi connectivity index (χ3v) is 6.22. The normalized spacial score (nSPS) is 11.2. The molecule has 0 heterocycles. The van der Waals surface area contributed by atoms with Crippen LogP contribution in [-0.4, -0.2) is 71.3 Å². The van der Waals surface area contributed by atoms with Crippen molar-refractivity contribution >= 4 is 21.8 Å². The fourth-order valence-electron chi connectivity index (χ4n) is 2.50. The number of methoxy groups -OCH3 is 1. The van der Waals surface area contributed by atoms with Crippen molar-refractivity contribution < 1.29 is 27.5 Å². The van der Waals surface area contributed by atoms with Gasteiger partial charge in [-0.05, 0) is 35.9 Å². The summed E-state index contributed by atoms with van der Waals surface area (Å²) in [6, 6.07) is 10.9. The van der Waals surface area contributed by atoms with E-state index in [9.17, 15) is 18.0 Å². The molecule has 0 aliphatic heterocycles. The molecule has 2 aromatic rings. The molecule has 2 amide bonds. The van der Waals surface area contributed by atoms with Gasteiger partial charge in [-0.1, -0.05) is 12.1 Å². The van der Waals surface area contributed by atoms with Crippen LogP contribution < -0.4 is 14.8 Å². The molecule has 168 valence electrons. The van der Waals surface area contributed by atoms with E-state index >= 15 is 0 Å². The summed E-state index contributed by atoms with van der Waals surface area (Å²) >= 11 is 0. The van der Waals surface area contributed by atoms with Gasteiger partial charge in [0.15, 0.2) is 18.1 Å². The highest BCUT2D eigenvalue weighted by Gasteiger charge is 2.19. The number of amides is 2. The second-order valence-electron chi connectivity index (χ2n) is 7.06. The number of sulfonamides is 1. The minimum atomic E-state index is -3.64. The fraction of sp³-hybridized carbons (Fsp3) is 0.333. The summed E-state index contributed by atoms with van der Waals surface area (Å²) < 4.78 is 36.4. The fourth-order valence-corrected chi connectivity index (χ4v) is 3.45. The van der Waals surface area contributed by atoms with Crippen molar-refractivity contribution in [3.63, 3.8) is 0 Å². The maximum absolute atomic E-state index is 12.5. The maximum atomic E-state index is 12.5. The molecule has 0 saturated carbocycles. The van der Waals surface area contributed by atoms with Crippen LogP contribution in [0.15, 0.2) is 47.4 Å². The number of hydrogen-bond acceptors (Lipinski definition) is 6. The summed E-state index contributed by atoms with van der Waals surface area (Å²) in [5, 5.41) is 2.75. The molecule has 10 heteroatoms. The molecule has 31 heavy (non-hydrogen) atoms. The molecule has 2 rings (SSSR count). The smallest absolute Gasteiger partial charge is 0.259 e. The first-order valence-corrected chi connectivity index (χ1v) is 10.8. The van der Waals surface area contributed by atoms with Gasteiger partial charge < -0.3 is 19.7 Å². The molecule has 0 fully saturated rings. The van der Waals surface area contributed by atoms with E-state index in [1.165, 1.54) is 44.3 Å². The second kappa shape index (κ2) is 10.3. The van der Waals surface area contributed by atoms with Crippen molar-refractivity contribution in [1.82, 2.24) is 14.5 Å². The van der Waals surface area contributed by atoms with Crippen molar-refractivity contribution in [2.24, 2.45) is 0 Å². The van der Waals surface area contributed by atoms with E-state index in [1.807, 2.05) is 0 Å². The van der Waals surface area contributed by atoms with Gasteiger partial charge in [-0.15, -0.1) is 0 Å². The van der Waals surface area contributed by atoms with Crippen molar-refractivity contribution in [2.45, 2.75) is 11.4 Å². The molecule has 0 aromatic heterocycles. The van der Waals surface area contributed by atoms with Gasteiger partial charge in [0.25, 0.3) is 11.8 Å². The molecule has 9 nitrogen and oxygen atoms in total. The second-order valence-corrected chi connectivity index (χ2v) is 9.21. The Morgan fingerprint density at radius 1 is 1.00 bits per heavy atom. The van der Waals surface area contributed by atoms with Crippen molar-refractivity contribution in [2.75, 3.05) is 41.9 Å². The van der Waals surface area contributed by atoms with Crippen molar-refractivity contribution in [3.8, 4) is 11.5 Å². The number of benzene rings is 2. The third kappa shape index (κ3) is 6.19. The molecular formula is C21H27N3O6S. The van der Waals surface area contributed by atoms with Crippen LogP contribution in [0, 0.1) is 0 Å². The molecule has 0 aliphatic carbocycles. The van der Waals surface area contributed by atoms with Crippen LogP contribution in [0.1, 0.15) is 15.9 Å². The van der Waals surface area contributed by atoms with Crippen LogP contribution >= 0.6 is 0 Å². The standard InChI is InChI=1S/C21H27N3O6S/c1-23(2)20(25)14-30-18-10-9-15(11-19(18)29-5)13-22-21(26)16-7-6-8-17(12-16)31(27,28)24(3)4/h6-12H,13-14H2,1-5H3,(H,22,26). The number of likely N-dealkylation sites (N-methyl/N-ethyl adjacent to an activating group) is 1. The van der Waals surface area contributed by atoms with E-state index in [0.29, 0.717) is 11.5 Å². The summed E-state index contributed by atoms with van der Waals surface area (Å²) in [7, 11) is 3.98. The Balaban J connectivity index is 2.08. The summed E-state index contributed by atoms with van der Waals surface area (Å²) in [6.45, 7) is 0.0718. The molecule has 0 atom stereocenters. The molecule has 1 N–H and O–H groups in total. The lowest BCUT2D eigenvalue weighted by Gasteiger charge is -2.15. The van der Waals surface area contributed by atoms with Crippen molar-refractivity contribution in [3.05, 3.63) is 53.6 Å². The maximum Gasteiger partial charge on any atom is 0.259 e. The van der Waals surface area contributed by atoms with Crippen molar-refractivity contribution in [1.29, 1.82) is 0 Å². The average molecular weight is 450 g/mol. The van der Waals surface area contributed by atoms with Gasteiger partial charge in [0, 0.05) is 40.3 Å². The summed E-state index contributed by atoms with van der Waals surface area (Å²) in [4.78, 5) is 25.7. The van der Waals surface area contributed by atoms with Gasteiger partial charge in [0.1, 0.15) is 0 Å².